The van der Waals surface area contributed by atoms with Crippen LogP contribution in [0.2, 0.25) is 0 Å². The zero-order valence-corrected chi connectivity index (χ0v) is 23.5. The highest BCUT2D eigenvalue weighted by molar-refractivity contribution is 5.89. The molecule has 3 aromatic carbocycles. The molecule has 41 heavy (non-hydrogen) atoms. The van der Waals surface area contributed by atoms with Crippen molar-refractivity contribution >= 4 is 22.8 Å². The number of benzene rings is 3. The summed E-state index contributed by atoms with van der Waals surface area (Å²) in [6, 6.07) is 28.2. The lowest BCUT2D eigenvalue weighted by molar-refractivity contribution is 0.0636. The van der Waals surface area contributed by atoms with E-state index in [0.717, 1.165) is 11.1 Å². The first kappa shape index (κ1) is 27.5. The fourth-order valence-electron chi connectivity index (χ4n) is 4.30. The number of fused-ring (bicyclic) bond motifs is 1. The Balaban J connectivity index is 1.50. The summed E-state index contributed by atoms with van der Waals surface area (Å²) in [4.78, 5) is 30.5. The number of imidazole rings is 1. The maximum absolute atomic E-state index is 13.5. The molecule has 5 aromatic rings. The van der Waals surface area contributed by atoms with Crippen molar-refractivity contribution in [3.8, 4) is 17.4 Å². The van der Waals surface area contributed by atoms with Crippen molar-refractivity contribution in [2.75, 3.05) is 5.32 Å². The second-order valence-corrected chi connectivity index (χ2v) is 10.5. The minimum absolute atomic E-state index is 0.255. The maximum Gasteiger partial charge on any atom is 0.412 e. The highest BCUT2D eigenvalue weighted by Gasteiger charge is 2.20. The van der Waals surface area contributed by atoms with Crippen LogP contribution in [-0.4, -0.2) is 25.8 Å². The van der Waals surface area contributed by atoms with Crippen LogP contribution in [-0.2, 0) is 25.0 Å². The fraction of sp³-hybridized carbons (Fsp3) is 0.219. The van der Waals surface area contributed by atoms with E-state index in [1.54, 1.807) is 62.7 Å². The van der Waals surface area contributed by atoms with Crippen molar-refractivity contribution in [3.05, 3.63) is 113 Å². The summed E-state index contributed by atoms with van der Waals surface area (Å²) in [5.41, 5.74) is 3.24. The number of aromatic nitrogens is 3. The van der Waals surface area contributed by atoms with Gasteiger partial charge in [0.05, 0.1) is 11.0 Å². The molecule has 0 bridgehead atoms. The van der Waals surface area contributed by atoms with Gasteiger partial charge in [-0.1, -0.05) is 60.7 Å². The molecule has 0 aliphatic carbocycles. The van der Waals surface area contributed by atoms with Gasteiger partial charge in [0, 0.05) is 18.8 Å². The summed E-state index contributed by atoms with van der Waals surface area (Å²) in [5.74, 6) is 0.628. The third-order valence-corrected chi connectivity index (χ3v) is 6.20. The van der Waals surface area contributed by atoms with E-state index < -0.39 is 11.7 Å². The number of pyridine rings is 1. The third kappa shape index (κ3) is 6.58. The quantitative estimate of drug-likeness (QED) is 0.245. The van der Waals surface area contributed by atoms with Crippen LogP contribution in [0.4, 0.5) is 10.5 Å². The van der Waals surface area contributed by atoms with Gasteiger partial charge in [-0.3, -0.25) is 14.5 Å². The lowest BCUT2D eigenvalue weighted by Crippen LogP contribution is -2.27. The highest BCUT2D eigenvalue weighted by atomic mass is 16.6. The molecule has 0 spiro atoms. The van der Waals surface area contributed by atoms with Crippen LogP contribution in [0, 0.1) is 0 Å². The first-order valence-electron chi connectivity index (χ1n) is 13.2. The topological polar surface area (TPSA) is 96.6 Å². The number of carbonyl (C=O) groups is 1. The molecule has 1 amide bonds. The number of carbonyl (C=O) groups excluding carboxylic acids is 1. The molecule has 0 aliphatic heterocycles. The predicted octanol–water partition coefficient (Wildman–Crippen LogP) is 6.23. The van der Waals surface area contributed by atoms with Crippen LogP contribution in [0.1, 0.15) is 31.9 Å². The second kappa shape index (κ2) is 11.6. The molecule has 1 N–H and O–H groups in total. The molecule has 0 radical (unpaired) electrons. The molecule has 2 heterocycles. The van der Waals surface area contributed by atoms with Crippen LogP contribution < -0.4 is 20.5 Å². The predicted molar refractivity (Wildman–Crippen MR) is 158 cm³/mol. The van der Waals surface area contributed by atoms with Gasteiger partial charge >= 0.3 is 11.8 Å². The number of nitrogens with zero attached hydrogens (tertiary/aromatic N) is 3. The molecule has 0 unspecified atom stereocenters. The number of aryl methyl sites for hydroxylation is 1. The molecular weight excluding hydrogens is 520 g/mol. The third-order valence-electron chi connectivity index (χ3n) is 6.20. The van der Waals surface area contributed by atoms with Crippen molar-refractivity contribution in [3.63, 3.8) is 0 Å². The van der Waals surface area contributed by atoms with Gasteiger partial charge < -0.3 is 14.2 Å². The zero-order chi connectivity index (χ0) is 29.0. The number of hydrogen-bond acceptors (Lipinski definition) is 6. The SMILES string of the molecule is Cn1c(=O)n(-c2ccc(OCc3ccccc3)nc2OCc2ccccc2)c2ccc(NC(=O)OC(C)(C)C)cc21. The van der Waals surface area contributed by atoms with Crippen molar-refractivity contribution < 1.29 is 19.0 Å². The first-order chi connectivity index (χ1) is 19.7. The van der Waals surface area contributed by atoms with Gasteiger partial charge in [-0.2, -0.15) is 4.98 Å². The molecule has 5 rings (SSSR count). The normalized spacial score (nSPS) is 11.3. The van der Waals surface area contributed by atoms with E-state index in [-0.39, 0.29) is 18.2 Å². The maximum atomic E-state index is 13.5. The van der Waals surface area contributed by atoms with Crippen LogP contribution in [0.15, 0.2) is 95.8 Å². The van der Waals surface area contributed by atoms with Crippen molar-refractivity contribution in [2.45, 2.75) is 39.6 Å². The zero-order valence-electron chi connectivity index (χ0n) is 23.5. The van der Waals surface area contributed by atoms with E-state index >= 15 is 0 Å². The standard InChI is InChI=1S/C32H32N4O5/c1-32(2,3)41-30(37)33-24-15-16-25-27(19-24)35(4)31(38)36(25)26-17-18-28(39-20-22-11-7-5-8-12-22)34-29(26)40-21-23-13-9-6-10-14-23/h5-19H,20-21H2,1-4H3,(H,33,37). The summed E-state index contributed by atoms with van der Waals surface area (Å²) < 4.78 is 20.5. The van der Waals surface area contributed by atoms with Gasteiger partial charge in [0.2, 0.25) is 11.8 Å². The molecule has 210 valence electrons. The highest BCUT2D eigenvalue weighted by Crippen LogP contribution is 2.29. The van der Waals surface area contributed by atoms with Crippen LogP contribution in [0.5, 0.6) is 11.8 Å². The Morgan fingerprint density at radius 3 is 2.10 bits per heavy atom. The molecule has 9 nitrogen and oxygen atoms in total. The lowest BCUT2D eigenvalue weighted by Gasteiger charge is -2.19. The first-order valence-corrected chi connectivity index (χ1v) is 13.2. The summed E-state index contributed by atoms with van der Waals surface area (Å²) in [6.07, 6.45) is -0.576. The summed E-state index contributed by atoms with van der Waals surface area (Å²) in [5, 5.41) is 2.73. The number of nitrogens with one attached hydrogen (secondary N) is 1. The number of anilines is 1. The Kier molecular flexibility index (Phi) is 7.78. The van der Waals surface area contributed by atoms with Gasteiger partial charge in [-0.15, -0.1) is 0 Å². The monoisotopic (exact) mass is 552 g/mol. The van der Waals surface area contributed by atoms with E-state index in [1.165, 1.54) is 4.57 Å². The van der Waals surface area contributed by atoms with Gasteiger partial charge in [0.1, 0.15) is 24.5 Å². The van der Waals surface area contributed by atoms with Gasteiger partial charge in [0.15, 0.2) is 0 Å². The number of ether oxygens (including phenoxy) is 3. The molecule has 0 saturated carbocycles. The molecule has 0 saturated heterocycles. The molecule has 0 aliphatic rings. The Hall–Kier alpha value is -5.05. The average molecular weight is 553 g/mol. The minimum Gasteiger partial charge on any atom is -0.473 e. The summed E-state index contributed by atoms with van der Waals surface area (Å²) in [7, 11) is 1.67. The van der Waals surface area contributed by atoms with Crippen molar-refractivity contribution in [1.82, 2.24) is 14.1 Å². The molecule has 9 heteroatoms. The van der Waals surface area contributed by atoms with Gasteiger partial charge in [-0.05, 0) is 56.2 Å². The number of rotatable bonds is 8. The van der Waals surface area contributed by atoms with Crippen molar-refractivity contribution in [1.29, 1.82) is 0 Å². The second-order valence-electron chi connectivity index (χ2n) is 10.5. The largest absolute Gasteiger partial charge is 0.473 e. The Morgan fingerprint density at radius 2 is 1.46 bits per heavy atom. The fourth-order valence-corrected chi connectivity index (χ4v) is 4.30. The smallest absolute Gasteiger partial charge is 0.412 e. The average Bonchev–Trinajstić information content (AvgIpc) is 3.19. The molecule has 0 fully saturated rings. The Morgan fingerprint density at radius 1 is 0.829 bits per heavy atom. The van der Waals surface area contributed by atoms with E-state index in [2.05, 4.69) is 10.3 Å². The Bertz CT molecular complexity index is 1720. The van der Waals surface area contributed by atoms with E-state index in [0.29, 0.717) is 34.9 Å². The van der Waals surface area contributed by atoms with E-state index in [9.17, 15) is 9.59 Å². The van der Waals surface area contributed by atoms with E-state index in [1.807, 2.05) is 60.7 Å². The number of hydrogen-bond donors (Lipinski definition) is 1. The van der Waals surface area contributed by atoms with Crippen LogP contribution >= 0.6 is 0 Å². The van der Waals surface area contributed by atoms with Gasteiger partial charge in [0.25, 0.3) is 0 Å². The minimum atomic E-state index is -0.634. The van der Waals surface area contributed by atoms with Crippen molar-refractivity contribution in [2.24, 2.45) is 7.05 Å². The van der Waals surface area contributed by atoms with E-state index in [4.69, 9.17) is 14.2 Å². The lowest BCUT2D eigenvalue weighted by atomic mass is 10.2. The summed E-state index contributed by atoms with van der Waals surface area (Å²) >= 11 is 0. The number of amides is 1. The Labute approximate surface area is 237 Å². The molecule has 2 aromatic heterocycles. The van der Waals surface area contributed by atoms with Gasteiger partial charge in [-0.25, -0.2) is 9.59 Å². The van der Waals surface area contributed by atoms with Crippen LogP contribution in [0.3, 0.4) is 0 Å². The molecule has 0 atom stereocenters. The molecular formula is C32H32N4O5. The summed E-state index contributed by atoms with van der Waals surface area (Å²) in [6.45, 7) is 5.98. The van der Waals surface area contributed by atoms with Crippen LogP contribution in [0.25, 0.3) is 16.7 Å².